The molecule has 1 atom stereocenters. The van der Waals surface area contributed by atoms with Crippen LogP contribution in [0.25, 0.3) is 56.6 Å². The van der Waals surface area contributed by atoms with Crippen LogP contribution in [0.1, 0.15) is 67.1 Å². The zero-order valence-corrected chi connectivity index (χ0v) is 32.3. The predicted molar refractivity (Wildman–Crippen MR) is 232 cm³/mol. The van der Waals surface area contributed by atoms with Gasteiger partial charge in [0, 0.05) is 33.3 Å². The highest BCUT2D eigenvalue weighted by molar-refractivity contribution is 5.85. The zero-order chi connectivity index (χ0) is 37.4. The Morgan fingerprint density at radius 1 is 0.648 bits per heavy atom. The summed E-state index contributed by atoms with van der Waals surface area (Å²) in [4.78, 5) is 4.68. The van der Waals surface area contributed by atoms with Gasteiger partial charge < -0.3 is 4.57 Å². The van der Waals surface area contributed by atoms with Crippen LogP contribution in [-0.4, -0.2) is 9.55 Å². The van der Waals surface area contributed by atoms with Crippen molar-refractivity contribution >= 4 is 28.6 Å². The third-order valence-corrected chi connectivity index (χ3v) is 10.4. The van der Waals surface area contributed by atoms with Crippen molar-refractivity contribution in [1.29, 1.82) is 0 Å². The van der Waals surface area contributed by atoms with Crippen LogP contribution in [0.3, 0.4) is 0 Å². The second kappa shape index (κ2) is 16.8. The fraction of sp³-hybridized carbons (Fsp3) is 0.173. The summed E-state index contributed by atoms with van der Waals surface area (Å²) in [7, 11) is 0. The average Bonchev–Trinajstić information content (AvgIpc) is 3.57. The van der Waals surface area contributed by atoms with Gasteiger partial charge in [0.2, 0.25) is 0 Å². The van der Waals surface area contributed by atoms with Crippen molar-refractivity contribution < 1.29 is 0 Å². The maximum absolute atomic E-state index is 4.68. The molecule has 1 unspecified atom stereocenters. The Hall–Kier alpha value is -5.99. The Labute approximate surface area is 321 Å². The molecule has 0 fully saturated rings. The molecule has 2 aliphatic carbocycles. The minimum absolute atomic E-state index is 0.386. The van der Waals surface area contributed by atoms with Crippen molar-refractivity contribution in [2.45, 2.75) is 59.8 Å². The van der Waals surface area contributed by atoms with Crippen LogP contribution in [0.4, 0.5) is 0 Å². The molecule has 2 heterocycles. The summed E-state index contributed by atoms with van der Waals surface area (Å²) in [5, 5.41) is 3.99. The molecule has 5 aromatic carbocycles. The van der Waals surface area contributed by atoms with Crippen molar-refractivity contribution in [1.82, 2.24) is 9.55 Å². The van der Waals surface area contributed by atoms with E-state index < -0.39 is 0 Å². The van der Waals surface area contributed by atoms with Crippen molar-refractivity contribution in [3.05, 3.63) is 196 Å². The van der Waals surface area contributed by atoms with Gasteiger partial charge in [-0.25, -0.2) is 0 Å². The largest absolute Gasteiger partial charge is 0.310 e. The molecule has 2 nitrogen and oxygen atoms in total. The first-order valence-electron chi connectivity index (χ1n) is 19.5. The Kier molecular flexibility index (Phi) is 11.3. The highest BCUT2D eigenvalue weighted by Crippen LogP contribution is 2.32. The van der Waals surface area contributed by atoms with Crippen LogP contribution in [0.5, 0.6) is 0 Å². The van der Waals surface area contributed by atoms with Crippen LogP contribution >= 0.6 is 0 Å². The molecule has 0 saturated heterocycles. The van der Waals surface area contributed by atoms with E-state index in [0.717, 1.165) is 30.7 Å². The van der Waals surface area contributed by atoms with Gasteiger partial charge in [0.25, 0.3) is 0 Å². The number of allylic oxidation sites excluding steroid dienone is 4. The third-order valence-electron chi connectivity index (χ3n) is 10.4. The van der Waals surface area contributed by atoms with Gasteiger partial charge in [-0.15, -0.1) is 0 Å². The molecule has 0 spiro atoms. The monoisotopic (exact) mass is 702 g/mol. The maximum atomic E-state index is 4.68. The van der Waals surface area contributed by atoms with Crippen molar-refractivity contribution in [2.24, 2.45) is 0 Å². The minimum atomic E-state index is 0.386. The third kappa shape index (κ3) is 7.70. The average molecular weight is 703 g/mol. The second-order valence-corrected chi connectivity index (χ2v) is 14.0. The molecule has 0 N–H and O–H groups in total. The van der Waals surface area contributed by atoms with E-state index in [4.69, 9.17) is 0 Å². The van der Waals surface area contributed by atoms with Crippen LogP contribution in [0.15, 0.2) is 158 Å². The number of aromatic nitrogens is 2. The Morgan fingerprint density at radius 2 is 1.35 bits per heavy atom. The van der Waals surface area contributed by atoms with Crippen molar-refractivity contribution in [3.8, 4) is 27.9 Å². The van der Waals surface area contributed by atoms with Crippen LogP contribution in [-0.2, 0) is 0 Å². The predicted octanol–water partition coefficient (Wildman–Crippen LogP) is 12.5. The summed E-state index contributed by atoms with van der Waals surface area (Å²) in [6.45, 7) is 10.5. The zero-order valence-electron chi connectivity index (χ0n) is 32.3. The van der Waals surface area contributed by atoms with Crippen LogP contribution in [0.2, 0.25) is 0 Å². The number of hydrogen-bond donors (Lipinski definition) is 0. The summed E-state index contributed by atoms with van der Waals surface area (Å²) in [6.07, 6.45) is 14.6. The molecule has 54 heavy (non-hydrogen) atoms. The molecule has 268 valence electrons. The topological polar surface area (TPSA) is 17.8 Å². The molecular formula is C52H50N2. The molecular weight excluding hydrogens is 653 g/mol. The molecule has 2 aromatic heterocycles. The second-order valence-electron chi connectivity index (χ2n) is 14.0. The highest BCUT2D eigenvalue weighted by Gasteiger charge is 2.17. The first-order valence-corrected chi connectivity index (χ1v) is 19.5. The van der Waals surface area contributed by atoms with Gasteiger partial charge in [0.1, 0.15) is 0 Å². The van der Waals surface area contributed by atoms with Gasteiger partial charge in [0.05, 0.1) is 11.2 Å². The number of aryl methyl sites for hydroxylation is 3. The highest BCUT2D eigenvalue weighted by atomic mass is 15.0. The fourth-order valence-electron chi connectivity index (χ4n) is 7.80. The summed E-state index contributed by atoms with van der Waals surface area (Å²) in [5.41, 5.74) is 15.2. The van der Waals surface area contributed by atoms with E-state index in [1.807, 2.05) is 19.9 Å². The lowest BCUT2D eigenvalue weighted by molar-refractivity contribution is 0.905. The Morgan fingerprint density at radius 3 is 2.09 bits per heavy atom. The minimum Gasteiger partial charge on any atom is -0.310 e. The summed E-state index contributed by atoms with van der Waals surface area (Å²) in [6, 6.07) is 50.0. The van der Waals surface area contributed by atoms with Gasteiger partial charge in [-0.05, 0) is 115 Å². The first-order chi connectivity index (χ1) is 26.5. The number of rotatable bonds is 5. The van der Waals surface area contributed by atoms with Crippen LogP contribution < -0.4 is 10.6 Å². The number of benzene rings is 5. The molecule has 0 amide bonds. The number of para-hydroxylation sites is 2. The van der Waals surface area contributed by atoms with E-state index in [1.54, 1.807) is 0 Å². The van der Waals surface area contributed by atoms with Gasteiger partial charge in [0.15, 0.2) is 0 Å². The van der Waals surface area contributed by atoms with Gasteiger partial charge in [-0.3, -0.25) is 4.98 Å². The molecule has 2 aliphatic rings. The SMILES string of the molecule is CC.Cc1cc(-c2ccccc2)cc(C2=CC=CCC2)n1.Cc1ccccc1-c1ccc(C2C=c3c(n(-c4ccccc4)c4ccccc34)=CC2)cc1C. The Bertz CT molecular complexity index is 2570. The lowest BCUT2D eigenvalue weighted by Crippen LogP contribution is -2.31. The van der Waals surface area contributed by atoms with E-state index in [0.29, 0.717) is 5.92 Å². The number of fused-ring (bicyclic) bond motifs is 3. The van der Waals surface area contributed by atoms with E-state index in [9.17, 15) is 0 Å². The van der Waals surface area contributed by atoms with E-state index in [-0.39, 0.29) is 0 Å². The first kappa shape index (κ1) is 36.4. The van der Waals surface area contributed by atoms with Gasteiger partial charge >= 0.3 is 0 Å². The molecule has 7 aromatic rings. The van der Waals surface area contributed by atoms with E-state index >= 15 is 0 Å². The van der Waals surface area contributed by atoms with Gasteiger partial charge in [-0.1, -0.05) is 153 Å². The quantitative estimate of drug-likeness (QED) is 0.175. The normalized spacial score (nSPS) is 14.3. The lowest BCUT2D eigenvalue weighted by atomic mass is 9.88. The van der Waals surface area contributed by atoms with Crippen LogP contribution in [0, 0.1) is 20.8 Å². The fourth-order valence-corrected chi connectivity index (χ4v) is 7.80. The van der Waals surface area contributed by atoms with Crippen molar-refractivity contribution in [3.63, 3.8) is 0 Å². The standard InChI is InChI=1S/C32H27N.C18H17N.C2H6/c1-22-10-6-7-13-27(22)28-18-16-24(20-23(28)2)25-17-19-32-30(21-25)29-14-8-9-15-31(29)33(32)26-11-4-3-5-12-26;1-14-12-17(15-8-4-2-5-9-15)13-18(19-14)16-10-6-3-7-11-16;1-2/h3-16,18-21,25H,17H2,1-2H3;2-6,8-10,12-13H,7,11H2,1H3;1-2H3. The number of pyridine rings is 1. The summed E-state index contributed by atoms with van der Waals surface area (Å²) >= 11 is 0. The molecule has 0 saturated carbocycles. The summed E-state index contributed by atoms with van der Waals surface area (Å²) < 4.78 is 2.41. The maximum Gasteiger partial charge on any atom is 0.0671 e. The Balaban J connectivity index is 0.000000182. The lowest BCUT2D eigenvalue weighted by Gasteiger charge is -2.17. The van der Waals surface area contributed by atoms with Crippen molar-refractivity contribution in [2.75, 3.05) is 0 Å². The molecule has 9 rings (SSSR count). The molecule has 0 aliphatic heterocycles. The number of nitrogens with zero attached hydrogens (tertiary/aromatic N) is 2. The molecule has 0 bridgehead atoms. The summed E-state index contributed by atoms with van der Waals surface area (Å²) in [5.74, 6) is 0.386. The molecule has 2 heteroatoms. The van der Waals surface area contributed by atoms with E-state index in [1.165, 1.54) is 71.7 Å². The molecule has 0 radical (unpaired) electrons. The van der Waals surface area contributed by atoms with E-state index in [2.05, 4.69) is 194 Å². The number of hydrogen-bond acceptors (Lipinski definition) is 1. The smallest absolute Gasteiger partial charge is 0.0671 e. The van der Waals surface area contributed by atoms with Gasteiger partial charge in [-0.2, -0.15) is 0 Å².